The standard InChI is InChI=1S/C8H9ClO4S2/c1-2-3-5-4-6(15(9,12)13)14-7(5)8(10)11/h4H,2-3H2,1H3,(H,10,11). The van der Waals surface area contributed by atoms with Crippen LogP contribution in [0.4, 0.5) is 0 Å². The molecule has 1 aromatic heterocycles. The Balaban J connectivity index is 3.27. The molecule has 0 saturated heterocycles. The van der Waals surface area contributed by atoms with Gasteiger partial charge in [-0.15, -0.1) is 11.3 Å². The number of aryl methyl sites for hydroxylation is 1. The molecule has 0 aliphatic carbocycles. The molecule has 0 bridgehead atoms. The summed E-state index contributed by atoms with van der Waals surface area (Å²) in [4.78, 5) is 10.9. The largest absolute Gasteiger partial charge is 0.477 e. The van der Waals surface area contributed by atoms with Crippen molar-refractivity contribution in [2.24, 2.45) is 0 Å². The van der Waals surface area contributed by atoms with E-state index in [-0.39, 0.29) is 9.09 Å². The molecule has 4 nitrogen and oxygen atoms in total. The van der Waals surface area contributed by atoms with Crippen LogP contribution in [-0.2, 0) is 15.5 Å². The topological polar surface area (TPSA) is 71.4 Å². The van der Waals surface area contributed by atoms with Gasteiger partial charge in [0.1, 0.15) is 9.09 Å². The van der Waals surface area contributed by atoms with Gasteiger partial charge in [0.15, 0.2) is 0 Å². The van der Waals surface area contributed by atoms with Crippen molar-refractivity contribution >= 4 is 37.0 Å². The van der Waals surface area contributed by atoms with E-state index in [2.05, 4.69) is 0 Å². The molecule has 0 unspecified atom stereocenters. The van der Waals surface area contributed by atoms with E-state index in [0.29, 0.717) is 23.3 Å². The van der Waals surface area contributed by atoms with Crippen LogP contribution in [0.25, 0.3) is 0 Å². The van der Waals surface area contributed by atoms with Crippen LogP contribution in [0.15, 0.2) is 10.3 Å². The van der Waals surface area contributed by atoms with Crippen molar-refractivity contribution < 1.29 is 18.3 Å². The van der Waals surface area contributed by atoms with E-state index in [1.54, 1.807) is 0 Å². The van der Waals surface area contributed by atoms with Crippen molar-refractivity contribution in [3.05, 3.63) is 16.5 Å². The van der Waals surface area contributed by atoms with E-state index < -0.39 is 15.0 Å². The van der Waals surface area contributed by atoms with Gasteiger partial charge in [-0.3, -0.25) is 0 Å². The Bertz CT molecular complexity index is 475. The van der Waals surface area contributed by atoms with Crippen LogP contribution >= 0.6 is 22.0 Å². The maximum atomic E-state index is 11.0. The van der Waals surface area contributed by atoms with Gasteiger partial charge in [-0.25, -0.2) is 13.2 Å². The van der Waals surface area contributed by atoms with Gasteiger partial charge in [0.2, 0.25) is 0 Å². The summed E-state index contributed by atoms with van der Waals surface area (Å²) < 4.78 is 21.9. The lowest BCUT2D eigenvalue weighted by Gasteiger charge is -1.94. The van der Waals surface area contributed by atoms with Gasteiger partial charge in [0, 0.05) is 10.7 Å². The Morgan fingerprint density at radius 2 is 2.20 bits per heavy atom. The van der Waals surface area contributed by atoms with Gasteiger partial charge in [-0.05, 0) is 18.1 Å². The molecule has 0 aromatic carbocycles. The van der Waals surface area contributed by atoms with E-state index in [9.17, 15) is 13.2 Å². The number of rotatable bonds is 4. The predicted molar refractivity (Wildman–Crippen MR) is 58.3 cm³/mol. The molecule has 1 heterocycles. The minimum absolute atomic E-state index is 0.0519. The fourth-order valence-corrected chi connectivity index (χ4v) is 3.29. The first-order valence-electron chi connectivity index (χ1n) is 4.17. The molecule has 0 radical (unpaired) electrons. The number of carboxylic acids is 1. The molecule has 1 N–H and O–H groups in total. The lowest BCUT2D eigenvalue weighted by atomic mass is 10.1. The van der Waals surface area contributed by atoms with Gasteiger partial charge in [0.25, 0.3) is 9.05 Å². The fourth-order valence-electron chi connectivity index (χ4n) is 1.16. The average molecular weight is 269 g/mol. The molecule has 7 heteroatoms. The van der Waals surface area contributed by atoms with E-state index in [4.69, 9.17) is 15.8 Å². The molecule has 0 spiro atoms. The first kappa shape index (κ1) is 12.5. The van der Waals surface area contributed by atoms with Gasteiger partial charge in [0.05, 0.1) is 0 Å². The summed E-state index contributed by atoms with van der Waals surface area (Å²) in [5, 5.41) is 8.84. The zero-order valence-corrected chi connectivity index (χ0v) is 10.2. The van der Waals surface area contributed by atoms with E-state index in [0.717, 1.165) is 6.42 Å². The number of carboxylic acid groups (broad SMARTS) is 1. The van der Waals surface area contributed by atoms with Crippen molar-refractivity contribution in [1.29, 1.82) is 0 Å². The Labute approximate surface area is 95.9 Å². The average Bonchev–Trinajstić information content (AvgIpc) is 2.48. The third kappa shape index (κ3) is 2.93. The van der Waals surface area contributed by atoms with Gasteiger partial charge in [-0.2, -0.15) is 0 Å². The molecule has 0 atom stereocenters. The van der Waals surface area contributed by atoms with Crippen LogP contribution in [0.2, 0.25) is 0 Å². The second-order valence-corrected chi connectivity index (χ2v) is 6.76. The van der Waals surface area contributed by atoms with Crippen LogP contribution in [0.1, 0.15) is 28.6 Å². The highest BCUT2D eigenvalue weighted by Crippen LogP contribution is 2.29. The molecule has 15 heavy (non-hydrogen) atoms. The monoisotopic (exact) mass is 268 g/mol. The summed E-state index contributed by atoms with van der Waals surface area (Å²) in [6, 6.07) is 1.33. The van der Waals surface area contributed by atoms with Crippen molar-refractivity contribution in [2.75, 3.05) is 0 Å². The van der Waals surface area contributed by atoms with Crippen LogP contribution in [0, 0.1) is 0 Å². The van der Waals surface area contributed by atoms with Crippen molar-refractivity contribution in [1.82, 2.24) is 0 Å². The van der Waals surface area contributed by atoms with Crippen molar-refractivity contribution in [3.8, 4) is 0 Å². The minimum atomic E-state index is -3.83. The summed E-state index contributed by atoms with van der Waals surface area (Å²) >= 11 is 0.695. The molecule has 0 aliphatic rings. The highest BCUT2D eigenvalue weighted by Gasteiger charge is 2.20. The highest BCUT2D eigenvalue weighted by molar-refractivity contribution is 8.15. The molecule has 0 amide bonds. The molecular weight excluding hydrogens is 260 g/mol. The van der Waals surface area contributed by atoms with Crippen LogP contribution < -0.4 is 0 Å². The third-order valence-corrected chi connectivity index (χ3v) is 4.98. The predicted octanol–water partition coefficient (Wildman–Crippen LogP) is 2.33. The SMILES string of the molecule is CCCc1cc(S(=O)(=O)Cl)sc1C(=O)O. The number of thiophene rings is 1. The van der Waals surface area contributed by atoms with E-state index >= 15 is 0 Å². The lowest BCUT2D eigenvalue weighted by molar-refractivity contribution is 0.0701. The highest BCUT2D eigenvalue weighted by atomic mass is 35.7. The van der Waals surface area contributed by atoms with E-state index in [1.807, 2.05) is 6.92 Å². The Morgan fingerprint density at radius 3 is 2.60 bits per heavy atom. The third-order valence-electron chi connectivity index (χ3n) is 1.74. The zero-order chi connectivity index (χ0) is 11.6. The summed E-state index contributed by atoms with van der Waals surface area (Å²) in [5.41, 5.74) is 0.522. The first-order chi connectivity index (χ1) is 6.86. The molecule has 0 fully saturated rings. The summed E-state index contributed by atoms with van der Waals surface area (Å²) in [5.74, 6) is -1.12. The van der Waals surface area contributed by atoms with Crippen molar-refractivity contribution in [3.63, 3.8) is 0 Å². The molecule has 1 rings (SSSR count). The Morgan fingerprint density at radius 1 is 1.60 bits per heavy atom. The second kappa shape index (κ2) is 4.51. The van der Waals surface area contributed by atoms with Gasteiger partial charge < -0.3 is 5.11 Å². The van der Waals surface area contributed by atoms with Gasteiger partial charge >= 0.3 is 5.97 Å². The summed E-state index contributed by atoms with van der Waals surface area (Å²) in [6.07, 6.45) is 1.28. The number of carbonyl (C=O) groups is 1. The molecule has 84 valence electrons. The van der Waals surface area contributed by atoms with Crippen LogP contribution in [-0.4, -0.2) is 19.5 Å². The normalized spacial score (nSPS) is 11.6. The number of hydrogen-bond donors (Lipinski definition) is 1. The number of aromatic carboxylic acids is 1. The smallest absolute Gasteiger partial charge is 0.346 e. The quantitative estimate of drug-likeness (QED) is 0.851. The molecule has 0 aliphatic heterocycles. The Hall–Kier alpha value is -0.590. The number of hydrogen-bond acceptors (Lipinski definition) is 4. The van der Waals surface area contributed by atoms with Crippen molar-refractivity contribution in [2.45, 2.75) is 24.0 Å². The summed E-state index contributed by atoms with van der Waals surface area (Å²) in [6.45, 7) is 1.89. The zero-order valence-electron chi connectivity index (χ0n) is 7.86. The Kier molecular flexibility index (Phi) is 3.75. The minimum Gasteiger partial charge on any atom is -0.477 e. The maximum Gasteiger partial charge on any atom is 0.346 e. The van der Waals surface area contributed by atoms with Gasteiger partial charge in [-0.1, -0.05) is 13.3 Å². The second-order valence-electron chi connectivity index (χ2n) is 2.91. The van der Waals surface area contributed by atoms with E-state index in [1.165, 1.54) is 6.07 Å². The number of halogens is 1. The molecular formula is C8H9ClO4S2. The van der Waals surface area contributed by atoms with Crippen LogP contribution in [0.3, 0.4) is 0 Å². The lowest BCUT2D eigenvalue weighted by Crippen LogP contribution is -1.96. The molecule has 0 saturated carbocycles. The summed E-state index contributed by atoms with van der Waals surface area (Å²) in [7, 11) is 1.31. The first-order valence-corrected chi connectivity index (χ1v) is 7.29. The van der Waals surface area contributed by atoms with Crippen LogP contribution in [0.5, 0.6) is 0 Å². The fraction of sp³-hybridized carbons (Fsp3) is 0.375. The maximum absolute atomic E-state index is 11.0. The molecule has 1 aromatic rings.